The molecular formula is C18H21F3N4O2. The first-order chi connectivity index (χ1) is 12.7. The summed E-state index contributed by atoms with van der Waals surface area (Å²) in [6, 6.07) is 4.24. The van der Waals surface area contributed by atoms with E-state index in [1.807, 2.05) is 0 Å². The average molecular weight is 382 g/mol. The Kier molecular flexibility index (Phi) is 5.03. The molecule has 6 nitrogen and oxygen atoms in total. The summed E-state index contributed by atoms with van der Waals surface area (Å²) in [5.41, 5.74) is 0.733. The standard InChI is InChI=1S/C18H21F3N4O2/c1-10(2)23-17(26)13-9-22-25-15(18(19,20)21)8-14(24-16(13)25)11-5-4-6-12(7-11)27-3/h4-7,9-10,14-15,24H,8H2,1-3H3,(H,23,26)/t14-,15+/m1/s1. The predicted molar refractivity (Wildman–Crippen MR) is 93.9 cm³/mol. The normalized spacial score (nSPS) is 19.4. The van der Waals surface area contributed by atoms with Gasteiger partial charge in [0.05, 0.1) is 19.3 Å². The highest BCUT2D eigenvalue weighted by molar-refractivity contribution is 5.99. The van der Waals surface area contributed by atoms with Crippen molar-refractivity contribution >= 4 is 11.7 Å². The van der Waals surface area contributed by atoms with Crippen molar-refractivity contribution in [3.05, 3.63) is 41.6 Å². The molecule has 1 aliphatic rings. The highest BCUT2D eigenvalue weighted by atomic mass is 19.4. The summed E-state index contributed by atoms with van der Waals surface area (Å²) < 4.78 is 47.0. The highest BCUT2D eigenvalue weighted by Gasteiger charge is 2.47. The van der Waals surface area contributed by atoms with Crippen molar-refractivity contribution in [1.82, 2.24) is 15.1 Å². The van der Waals surface area contributed by atoms with E-state index >= 15 is 0 Å². The average Bonchev–Trinajstić information content (AvgIpc) is 3.03. The zero-order valence-electron chi connectivity index (χ0n) is 15.2. The van der Waals surface area contributed by atoms with E-state index in [0.29, 0.717) is 11.3 Å². The van der Waals surface area contributed by atoms with Gasteiger partial charge >= 0.3 is 6.18 Å². The van der Waals surface area contributed by atoms with E-state index in [-0.39, 0.29) is 23.8 Å². The van der Waals surface area contributed by atoms with Gasteiger partial charge in [0.25, 0.3) is 5.91 Å². The van der Waals surface area contributed by atoms with Gasteiger partial charge in [-0.2, -0.15) is 18.3 Å². The first-order valence-corrected chi connectivity index (χ1v) is 8.56. The number of hydrogen-bond acceptors (Lipinski definition) is 4. The molecule has 9 heteroatoms. The van der Waals surface area contributed by atoms with Crippen LogP contribution >= 0.6 is 0 Å². The lowest BCUT2D eigenvalue weighted by atomic mass is 9.96. The number of carbonyl (C=O) groups excluding carboxylic acids is 1. The second-order valence-corrected chi connectivity index (χ2v) is 6.75. The molecule has 0 saturated carbocycles. The summed E-state index contributed by atoms with van der Waals surface area (Å²) in [6.07, 6.45) is -3.56. The van der Waals surface area contributed by atoms with Gasteiger partial charge in [-0.3, -0.25) is 4.79 Å². The first kappa shape index (κ1) is 19.1. The molecule has 3 rings (SSSR count). The number of methoxy groups -OCH3 is 1. The number of nitrogens with one attached hydrogen (secondary N) is 2. The number of rotatable bonds is 4. The zero-order chi connectivity index (χ0) is 19.8. The fourth-order valence-corrected chi connectivity index (χ4v) is 3.15. The molecule has 1 amide bonds. The monoisotopic (exact) mass is 382 g/mol. The smallest absolute Gasteiger partial charge is 0.410 e. The molecule has 0 bridgehead atoms. The SMILES string of the molecule is COc1cccc([C@H]2C[C@@H](C(F)(F)F)n3ncc(C(=O)NC(C)C)c3N2)c1. The molecule has 2 aromatic rings. The molecule has 1 aromatic heterocycles. The number of fused-ring (bicyclic) bond motifs is 1. The van der Waals surface area contributed by atoms with Crippen LogP contribution < -0.4 is 15.4 Å². The Balaban J connectivity index is 2.02. The summed E-state index contributed by atoms with van der Waals surface area (Å²) in [5.74, 6) is 0.148. The largest absolute Gasteiger partial charge is 0.497 e. The van der Waals surface area contributed by atoms with Crippen molar-refractivity contribution in [2.45, 2.75) is 44.6 Å². The molecule has 0 unspecified atom stereocenters. The predicted octanol–water partition coefficient (Wildman–Crippen LogP) is 3.69. The van der Waals surface area contributed by atoms with Gasteiger partial charge in [0.2, 0.25) is 0 Å². The van der Waals surface area contributed by atoms with Crippen LogP contribution in [0, 0.1) is 0 Å². The maximum Gasteiger partial charge on any atom is 0.410 e. The number of carbonyl (C=O) groups is 1. The lowest BCUT2D eigenvalue weighted by Gasteiger charge is -2.34. The van der Waals surface area contributed by atoms with Gasteiger partial charge < -0.3 is 15.4 Å². The first-order valence-electron chi connectivity index (χ1n) is 8.56. The maximum atomic E-state index is 13.7. The third-order valence-corrected chi connectivity index (χ3v) is 4.40. The summed E-state index contributed by atoms with van der Waals surface area (Å²) in [5, 5.41) is 9.59. The van der Waals surface area contributed by atoms with E-state index in [2.05, 4.69) is 15.7 Å². The zero-order valence-corrected chi connectivity index (χ0v) is 15.2. The van der Waals surface area contributed by atoms with Crippen LogP contribution in [-0.2, 0) is 0 Å². The van der Waals surface area contributed by atoms with Gasteiger partial charge in [0.15, 0.2) is 6.04 Å². The van der Waals surface area contributed by atoms with Crippen molar-refractivity contribution in [3.8, 4) is 5.75 Å². The Hall–Kier alpha value is -2.71. The second-order valence-electron chi connectivity index (χ2n) is 6.75. The number of halogens is 3. The summed E-state index contributed by atoms with van der Waals surface area (Å²) in [7, 11) is 1.50. The highest BCUT2D eigenvalue weighted by Crippen LogP contribution is 2.44. The minimum absolute atomic E-state index is 0.0644. The lowest BCUT2D eigenvalue weighted by molar-refractivity contribution is -0.173. The third-order valence-electron chi connectivity index (χ3n) is 4.40. The van der Waals surface area contributed by atoms with E-state index in [1.165, 1.54) is 13.3 Å². The molecule has 0 fully saturated rings. The Morgan fingerprint density at radius 1 is 1.41 bits per heavy atom. The van der Waals surface area contributed by atoms with E-state index in [9.17, 15) is 18.0 Å². The van der Waals surface area contributed by atoms with Crippen LogP contribution in [-0.4, -0.2) is 35.0 Å². The fraction of sp³-hybridized carbons (Fsp3) is 0.444. The van der Waals surface area contributed by atoms with Crippen molar-refractivity contribution < 1.29 is 22.7 Å². The molecule has 146 valence electrons. The van der Waals surface area contributed by atoms with Crippen LogP contribution in [0.15, 0.2) is 30.5 Å². The molecule has 2 heterocycles. The van der Waals surface area contributed by atoms with E-state index < -0.39 is 24.2 Å². The molecule has 0 aliphatic carbocycles. The van der Waals surface area contributed by atoms with Crippen molar-refractivity contribution in [2.75, 3.05) is 12.4 Å². The van der Waals surface area contributed by atoms with E-state index in [4.69, 9.17) is 4.74 Å². The number of benzene rings is 1. The number of aromatic nitrogens is 2. The molecule has 2 atom stereocenters. The van der Waals surface area contributed by atoms with Crippen molar-refractivity contribution in [1.29, 1.82) is 0 Å². The summed E-state index contributed by atoms with van der Waals surface area (Å²) >= 11 is 0. The van der Waals surface area contributed by atoms with Gasteiger partial charge in [-0.1, -0.05) is 12.1 Å². The number of alkyl halides is 3. The van der Waals surface area contributed by atoms with Gasteiger partial charge in [-0.15, -0.1) is 0 Å². The molecule has 27 heavy (non-hydrogen) atoms. The Morgan fingerprint density at radius 2 is 2.15 bits per heavy atom. The van der Waals surface area contributed by atoms with Crippen LogP contribution in [0.1, 0.15) is 48.3 Å². The number of nitrogens with zero attached hydrogens (tertiary/aromatic N) is 2. The molecular weight excluding hydrogens is 361 g/mol. The second kappa shape index (κ2) is 7.13. The lowest BCUT2D eigenvalue weighted by Crippen LogP contribution is -2.37. The van der Waals surface area contributed by atoms with Gasteiger partial charge in [0, 0.05) is 12.5 Å². The van der Waals surface area contributed by atoms with Gasteiger partial charge in [-0.25, -0.2) is 4.68 Å². The molecule has 2 N–H and O–H groups in total. The van der Waals surface area contributed by atoms with E-state index in [1.54, 1.807) is 38.1 Å². The minimum atomic E-state index is -4.49. The topological polar surface area (TPSA) is 68.2 Å². The number of ether oxygens (including phenoxy) is 1. The van der Waals surface area contributed by atoms with Crippen molar-refractivity contribution in [2.24, 2.45) is 0 Å². The molecule has 1 aliphatic heterocycles. The third kappa shape index (κ3) is 3.86. The Morgan fingerprint density at radius 3 is 2.78 bits per heavy atom. The van der Waals surface area contributed by atoms with Gasteiger partial charge in [-0.05, 0) is 31.5 Å². The van der Waals surface area contributed by atoms with Gasteiger partial charge in [0.1, 0.15) is 17.1 Å². The van der Waals surface area contributed by atoms with Crippen LogP contribution in [0.25, 0.3) is 0 Å². The summed E-state index contributed by atoms with van der Waals surface area (Å²) in [4.78, 5) is 12.4. The summed E-state index contributed by atoms with van der Waals surface area (Å²) in [6.45, 7) is 3.55. The number of anilines is 1. The fourth-order valence-electron chi connectivity index (χ4n) is 3.15. The Bertz CT molecular complexity index is 832. The number of hydrogen-bond donors (Lipinski definition) is 2. The van der Waals surface area contributed by atoms with E-state index in [0.717, 1.165) is 4.68 Å². The molecule has 0 spiro atoms. The Labute approximate surface area is 154 Å². The van der Waals surface area contributed by atoms with Crippen LogP contribution in [0.4, 0.5) is 19.0 Å². The quantitative estimate of drug-likeness (QED) is 0.846. The molecule has 0 radical (unpaired) electrons. The maximum absolute atomic E-state index is 13.7. The van der Waals surface area contributed by atoms with Crippen LogP contribution in [0.5, 0.6) is 5.75 Å². The van der Waals surface area contributed by atoms with Crippen LogP contribution in [0.3, 0.4) is 0 Å². The minimum Gasteiger partial charge on any atom is -0.497 e. The number of amides is 1. The van der Waals surface area contributed by atoms with Crippen LogP contribution in [0.2, 0.25) is 0 Å². The molecule has 1 aromatic carbocycles. The molecule has 0 saturated heterocycles. The van der Waals surface area contributed by atoms with Crippen molar-refractivity contribution in [3.63, 3.8) is 0 Å².